The first-order chi connectivity index (χ1) is 8.88. The summed E-state index contributed by atoms with van der Waals surface area (Å²) < 4.78 is 0. The minimum atomic E-state index is -0.210. The summed E-state index contributed by atoms with van der Waals surface area (Å²) in [6, 6.07) is 0. The molecule has 0 aliphatic heterocycles. The molecule has 0 fully saturated rings. The van der Waals surface area contributed by atoms with Gasteiger partial charge in [-0.3, -0.25) is 9.59 Å². The maximum absolute atomic E-state index is 12.0. The van der Waals surface area contributed by atoms with Crippen molar-refractivity contribution in [1.29, 1.82) is 0 Å². The summed E-state index contributed by atoms with van der Waals surface area (Å²) >= 11 is 0. The van der Waals surface area contributed by atoms with Crippen LogP contribution >= 0.6 is 0 Å². The topological polar surface area (TPSA) is 82.2 Å². The fraction of sp³-hybridized carbons (Fsp3) is 0.571. The minimum Gasteiger partial charge on any atom is -0.396 e. The molecular formula is C14H22N2O3. The maximum Gasteiger partial charge on any atom is 0.268 e. The van der Waals surface area contributed by atoms with Crippen LogP contribution in [0.4, 0.5) is 0 Å². The van der Waals surface area contributed by atoms with E-state index in [1.165, 1.54) is 6.92 Å². The molecule has 0 aliphatic carbocycles. The molecule has 19 heavy (non-hydrogen) atoms. The highest BCUT2D eigenvalue weighted by Crippen LogP contribution is 2.18. The third-order valence-corrected chi connectivity index (χ3v) is 3.25. The molecule has 1 heterocycles. The number of aliphatic hydroxyl groups excluding tert-OH is 1. The van der Waals surface area contributed by atoms with Gasteiger partial charge >= 0.3 is 0 Å². The van der Waals surface area contributed by atoms with Gasteiger partial charge in [0, 0.05) is 24.4 Å². The van der Waals surface area contributed by atoms with Crippen LogP contribution in [0, 0.1) is 19.8 Å². The van der Waals surface area contributed by atoms with Crippen LogP contribution in [0.3, 0.4) is 0 Å². The Morgan fingerprint density at radius 3 is 2.47 bits per heavy atom. The summed E-state index contributed by atoms with van der Waals surface area (Å²) in [5, 5.41) is 11.6. The molecule has 0 bridgehead atoms. The summed E-state index contributed by atoms with van der Waals surface area (Å²) in [5.41, 5.74) is 2.45. The van der Waals surface area contributed by atoms with Gasteiger partial charge in [0.15, 0.2) is 5.78 Å². The van der Waals surface area contributed by atoms with Gasteiger partial charge in [-0.2, -0.15) is 0 Å². The standard InChI is InChI=1S/C14H22N2O3/c1-8(5-6-17)7-15-14(19)13-9(2)12(11(4)18)10(3)16-13/h8,16-17H,5-7H2,1-4H3,(H,15,19). The molecule has 1 amide bonds. The van der Waals surface area contributed by atoms with E-state index >= 15 is 0 Å². The minimum absolute atomic E-state index is 0.0426. The zero-order valence-corrected chi connectivity index (χ0v) is 12.0. The van der Waals surface area contributed by atoms with E-state index in [4.69, 9.17) is 5.11 Å². The molecule has 0 saturated carbocycles. The molecule has 1 atom stereocenters. The highest BCUT2D eigenvalue weighted by molar-refractivity contribution is 6.02. The van der Waals surface area contributed by atoms with E-state index in [-0.39, 0.29) is 24.2 Å². The lowest BCUT2D eigenvalue weighted by atomic mass is 10.1. The van der Waals surface area contributed by atoms with E-state index in [1.807, 2.05) is 6.92 Å². The molecule has 0 saturated heterocycles. The highest BCUT2D eigenvalue weighted by atomic mass is 16.3. The zero-order chi connectivity index (χ0) is 14.6. The van der Waals surface area contributed by atoms with Crippen molar-refractivity contribution in [2.24, 2.45) is 5.92 Å². The number of aliphatic hydroxyl groups is 1. The van der Waals surface area contributed by atoms with Crippen LogP contribution in [0.1, 0.15) is 52.4 Å². The second-order valence-corrected chi connectivity index (χ2v) is 5.01. The SMILES string of the molecule is CC(=O)c1c(C)[nH]c(C(=O)NCC(C)CCO)c1C. The molecule has 1 rings (SSSR count). The van der Waals surface area contributed by atoms with Crippen LogP contribution in [0.2, 0.25) is 0 Å². The monoisotopic (exact) mass is 266 g/mol. The average Bonchev–Trinajstić information content (AvgIpc) is 2.62. The smallest absolute Gasteiger partial charge is 0.268 e. The van der Waals surface area contributed by atoms with Crippen LogP contribution in [0.5, 0.6) is 0 Å². The second kappa shape index (κ2) is 6.52. The zero-order valence-electron chi connectivity index (χ0n) is 12.0. The first-order valence-electron chi connectivity index (χ1n) is 6.47. The van der Waals surface area contributed by atoms with Crippen molar-refractivity contribution in [3.8, 4) is 0 Å². The normalized spacial score (nSPS) is 12.3. The Balaban J connectivity index is 2.78. The Labute approximate surface area is 113 Å². The third-order valence-electron chi connectivity index (χ3n) is 3.25. The van der Waals surface area contributed by atoms with Crippen molar-refractivity contribution in [2.45, 2.75) is 34.1 Å². The molecular weight excluding hydrogens is 244 g/mol. The number of rotatable bonds is 6. The Kier molecular flexibility index (Phi) is 5.30. The number of carbonyl (C=O) groups excluding carboxylic acids is 2. The van der Waals surface area contributed by atoms with Crippen molar-refractivity contribution >= 4 is 11.7 Å². The number of nitrogens with one attached hydrogen (secondary N) is 2. The van der Waals surface area contributed by atoms with Crippen LogP contribution in [0.15, 0.2) is 0 Å². The van der Waals surface area contributed by atoms with Gasteiger partial charge < -0.3 is 15.4 Å². The Morgan fingerprint density at radius 1 is 1.37 bits per heavy atom. The van der Waals surface area contributed by atoms with Crippen molar-refractivity contribution < 1.29 is 14.7 Å². The summed E-state index contributed by atoms with van der Waals surface area (Å²) in [7, 11) is 0. The second-order valence-electron chi connectivity index (χ2n) is 5.01. The number of carbonyl (C=O) groups is 2. The van der Waals surface area contributed by atoms with E-state index in [0.29, 0.717) is 29.8 Å². The molecule has 0 radical (unpaired) electrons. The van der Waals surface area contributed by atoms with Crippen molar-refractivity contribution in [3.05, 3.63) is 22.5 Å². The lowest BCUT2D eigenvalue weighted by molar-refractivity contribution is 0.0940. The van der Waals surface area contributed by atoms with Gasteiger partial charge in [0.05, 0.1) is 0 Å². The Hall–Kier alpha value is -1.62. The van der Waals surface area contributed by atoms with Crippen LogP contribution in [-0.2, 0) is 0 Å². The summed E-state index contributed by atoms with van der Waals surface area (Å²) in [4.78, 5) is 26.5. The van der Waals surface area contributed by atoms with Crippen LogP contribution < -0.4 is 5.32 Å². The number of ketones is 1. The lowest BCUT2D eigenvalue weighted by Crippen LogP contribution is -2.29. The number of aryl methyl sites for hydroxylation is 1. The number of aromatic nitrogens is 1. The first kappa shape index (κ1) is 15.4. The molecule has 5 heteroatoms. The third kappa shape index (κ3) is 3.67. The highest BCUT2D eigenvalue weighted by Gasteiger charge is 2.19. The van der Waals surface area contributed by atoms with E-state index in [1.54, 1.807) is 13.8 Å². The first-order valence-corrected chi connectivity index (χ1v) is 6.47. The largest absolute Gasteiger partial charge is 0.396 e. The fourth-order valence-corrected chi connectivity index (χ4v) is 2.18. The number of H-pyrrole nitrogens is 1. The number of Topliss-reactive ketones (excluding diaryl/α,β-unsaturated/α-hetero) is 1. The van der Waals surface area contributed by atoms with E-state index in [2.05, 4.69) is 10.3 Å². The van der Waals surface area contributed by atoms with Crippen molar-refractivity contribution in [2.75, 3.05) is 13.2 Å². The van der Waals surface area contributed by atoms with Crippen LogP contribution in [0.25, 0.3) is 0 Å². The number of hydrogen-bond acceptors (Lipinski definition) is 3. The van der Waals surface area contributed by atoms with Crippen molar-refractivity contribution in [1.82, 2.24) is 10.3 Å². The molecule has 3 N–H and O–H groups in total. The van der Waals surface area contributed by atoms with E-state index in [0.717, 1.165) is 5.69 Å². The van der Waals surface area contributed by atoms with Gasteiger partial charge in [-0.25, -0.2) is 0 Å². The molecule has 1 aromatic rings. The van der Waals surface area contributed by atoms with Gasteiger partial charge in [-0.15, -0.1) is 0 Å². The van der Waals surface area contributed by atoms with Gasteiger partial charge in [0.25, 0.3) is 5.91 Å². The molecule has 0 aromatic carbocycles. The lowest BCUT2D eigenvalue weighted by Gasteiger charge is -2.10. The number of amides is 1. The molecule has 0 spiro atoms. The van der Waals surface area contributed by atoms with E-state index < -0.39 is 0 Å². The summed E-state index contributed by atoms with van der Waals surface area (Å²) in [6.07, 6.45) is 0.654. The number of hydrogen-bond donors (Lipinski definition) is 3. The van der Waals surface area contributed by atoms with Crippen LogP contribution in [-0.4, -0.2) is 34.9 Å². The quantitative estimate of drug-likeness (QED) is 0.684. The van der Waals surface area contributed by atoms with Crippen molar-refractivity contribution in [3.63, 3.8) is 0 Å². The average molecular weight is 266 g/mol. The number of aromatic amines is 1. The Morgan fingerprint density at radius 2 is 2.00 bits per heavy atom. The summed E-state index contributed by atoms with van der Waals surface area (Å²) in [5.74, 6) is -0.0329. The predicted octanol–water partition coefficient (Wildman–Crippen LogP) is 1.58. The molecule has 106 valence electrons. The van der Waals surface area contributed by atoms with Gasteiger partial charge in [-0.1, -0.05) is 6.92 Å². The molecule has 1 unspecified atom stereocenters. The molecule has 0 aliphatic rings. The predicted molar refractivity (Wildman–Crippen MR) is 73.5 cm³/mol. The van der Waals surface area contributed by atoms with Gasteiger partial charge in [0.2, 0.25) is 0 Å². The van der Waals surface area contributed by atoms with Gasteiger partial charge in [0.1, 0.15) is 5.69 Å². The fourth-order valence-electron chi connectivity index (χ4n) is 2.18. The maximum atomic E-state index is 12.0. The molecule has 1 aromatic heterocycles. The molecule has 5 nitrogen and oxygen atoms in total. The Bertz CT molecular complexity index is 477. The summed E-state index contributed by atoms with van der Waals surface area (Å²) in [6.45, 7) is 7.64. The van der Waals surface area contributed by atoms with Gasteiger partial charge in [-0.05, 0) is 38.7 Å². The van der Waals surface area contributed by atoms with E-state index in [9.17, 15) is 9.59 Å².